The van der Waals surface area contributed by atoms with Gasteiger partial charge in [-0.3, -0.25) is 4.79 Å². The number of isocyanates is 1. The number of hydrogen-bond donors (Lipinski definition) is 1. The molecule has 3 aliphatic rings. The van der Waals surface area contributed by atoms with E-state index < -0.39 is 11.6 Å². The minimum absolute atomic E-state index is 0.106. The highest BCUT2D eigenvalue weighted by Gasteiger charge is 2.45. The number of hydrogen-bond acceptors (Lipinski definition) is 7. The first-order valence-electron chi connectivity index (χ1n) is 10.7. The summed E-state index contributed by atoms with van der Waals surface area (Å²) in [7, 11) is 0. The van der Waals surface area contributed by atoms with Crippen molar-refractivity contribution in [1.29, 1.82) is 0 Å². The molecule has 1 aliphatic carbocycles. The Bertz CT molecular complexity index is 1480. The third-order valence-electron chi connectivity index (χ3n) is 7.07. The van der Waals surface area contributed by atoms with Gasteiger partial charge in [0.05, 0.1) is 34.7 Å². The second-order valence-corrected chi connectivity index (χ2v) is 8.53. The van der Waals surface area contributed by atoms with E-state index in [1.54, 1.807) is 29.7 Å². The molecule has 1 aromatic carbocycles. The van der Waals surface area contributed by atoms with Crippen molar-refractivity contribution in [2.24, 2.45) is 4.99 Å². The molecule has 4 heterocycles. The normalized spacial score (nSPS) is 20.2. The van der Waals surface area contributed by atoms with Gasteiger partial charge in [0.15, 0.2) is 5.60 Å². The number of aliphatic hydroxyl groups is 1. The Labute approximate surface area is 182 Å². The fourth-order valence-electron chi connectivity index (χ4n) is 5.45. The zero-order valence-electron chi connectivity index (χ0n) is 17.4. The van der Waals surface area contributed by atoms with Gasteiger partial charge in [-0.2, -0.15) is 4.99 Å². The molecule has 0 saturated carbocycles. The third kappa shape index (κ3) is 2.28. The fraction of sp³-hybridized carbons (Fsp3) is 0.333. The van der Waals surface area contributed by atoms with Crippen molar-refractivity contribution in [3.8, 4) is 11.4 Å². The summed E-state index contributed by atoms with van der Waals surface area (Å²) in [6, 6.07) is 5.34. The highest BCUT2D eigenvalue weighted by Crippen LogP contribution is 2.43. The predicted molar refractivity (Wildman–Crippen MR) is 114 cm³/mol. The molecule has 0 saturated heterocycles. The van der Waals surface area contributed by atoms with Crippen molar-refractivity contribution in [1.82, 2.24) is 9.55 Å². The van der Waals surface area contributed by atoms with Gasteiger partial charge in [0.1, 0.15) is 6.61 Å². The first kappa shape index (κ1) is 19.1. The van der Waals surface area contributed by atoms with Crippen LogP contribution >= 0.6 is 0 Å². The SMILES string of the molecule is CC[C@@]1(O)C(=O)OCc2c1cc1n(c2=O)Cc2c-1nc1ccc(N=C=O)c3c1c2CCC3. The van der Waals surface area contributed by atoms with Crippen molar-refractivity contribution in [3.63, 3.8) is 0 Å². The van der Waals surface area contributed by atoms with Crippen LogP contribution in [0.4, 0.5) is 5.69 Å². The number of pyridine rings is 2. The molecule has 0 bridgehead atoms. The maximum atomic E-state index is 13.4. The van der Waals surface area contributed by atoms with Gasteiger partial charge in [0.2, 0.25) is 6.08 Å². The van der Waals surface area contributed by atoms with Crippen LogP contribution in [0.3, 0.4) is 0 Å². The number of rotatable bonds is 2. The van der Waals surface area contributed by atoms with Gasteiger partial charge in [-0.15, -0.1) is 0 Å². The summed E-state index contributed by atoms with van der Waals surface area (Å²) < 4.78 is 6.79. The molecule has 0 radical (unpaired) electrons. The van der Waals surface area contributed by atoms with Crippen molar-refractivity contribution >= 4 is 28.6 Å². The maximum absolute atomic E-state index is 13.4. The number of aliphatic imine (C=N–C) groups is 1. The van der Waals surface area contributed by atoms with E-state index in [0.717, 1.165) is 46.9 Å². The van der Waals surface area contributed by atoms with Crippen molar-refractivity contribution in [2.45, 2.75) is 51.4 Å². The topological polar surface area (TPSA) is 111 Å². The molecule has 6 rings (SSSR count). The number of ether oxygens (including phenoxy) is 1. The first-order chi connectivity index (χ1) is 15.5. The largest absolute Gasteiger partial charge is 0.458 e. The molecule has 32 heavy (non-hydrogen) atoms. The van der Waals surface area contributed by atoms with Gasteiger partial charge in [-0.25, -0.2) is 14.6 Å². The summed E-state index contributed by atoms with van der Waals surface area (Å²) in [4.78, 5) is 45.4. The van der Waals surface area contributed by atoms with Crippen molar-refractivity contribution < 1.29 is 19.4 Å². The quantitative estimate of drug-likeness (QED) is 0.298. The number of esters is 1. The van der Waals surface area contributed by atoms with Crippen LogP contribution in [0.15, 0.2) is 28.0 Å². The van der Waals surface area contributed by atoms with Crippen LogP contribution in [0, 0.1) is 0 Å². The maximum Gasteiger partial charge on any atom is 0.343 e. The van der Waals surface area contributed by atoms with Crippen LogP contribution in [0.5, 0.6) is 0 Å². The Morgan fingerprint density at radius 1 is 1.22 bits per heavy atom. The van der Waals surface area contributed by atoms with Gasteiger partial charge >= 0.3 is 5.97 Å². The van der Waals surface area contributed by atoms with E-state index in [0.29, 0.717) is 34.7 Å². The summed E-state index contributed by atoms with van der Waals surface area (Å²) in [5.74, 6) is -0.732. The van der Waals surface area contributed by atoms with Crippen LogP contribution in [0.1, 0.15) is 47.6 Å². The Kier molecular flexibility index (Phi) is 3.85. The molecule has 3 aromatic rings. The molecule has 0 unspecified atom stereocenters. The second kappa shape index (κ2) is 6.45. The van der Waals surface area contributed by atoms with Gasteiger partial charge in [-0.05, 0) is 55.0 Å². The molecular formula is C24H19N3O5. The van der Waals surface area contributed by atoms with E-state index in [9.17, 15) is 19.5 Å². The van der Waals surface area contributed by atoms with Gasteiger partial charge in [-0.1, -0.05) is 6.92 Å². The first-order valence-corrected chi connectivity index (χ1v) is 10.7. The number of fused-ring (bicyclic) bond motifs is 5. The van der Waals surface area contributed by atoms with Crippen molar-refractivity contribution in [3.05, 3.63) is 56.4 Å². The molecule has 8 nitrogen and oxygen atoms in total. The van der Waals surface area contributed by atoms with E-state index in [-0.39, 0.29) is 18.6 Å². The van der Waals surface area contributed by atoms with Crippen LogP contribution in [0.25, 0.3) is 22.3 Å². The summed E-state index contributed by atoms with van der Waals surface area (Å²) >= 11 is 0. The molecule has 0 spiro atoms. The molecular weight excluding hydrogens is 410 g/mol. The smallest absolute Gasteiger partial charge is 0.343 e. The van der Waals surface area contributed by atoms with Crippen LogP contribution < -0.4 is 5.56 Å². The Morgan fingerprint density at radius 3 is 2.81 bits per heavy atom. The number of aryl methyl sites for hydroxylation is 2. The molecule has 8 heteroatoms. The van der Waals surface area contributed by atoms with Gasteiger partial charge in [0, 0.05) is 16.5 Å². The molecule has 2 aromatic heterocycles. The zero-order chi connectivity index (χ0) is 22.2. The number of nitrogens with zero attached hydrogens (tertiary/aromatic N) is 3. The summed E-state index contributed by atoms with van der Waals surface area (Å²) in [5.41, 5.74) is 4.28. The predicted octanol–water partition coefficient (Wildman–Crippen LogP) is 2.54. The van der Waals surface area contributed by atoms with Crippen LogP contribution in [-0.2, 0) is 45.9 Å². The average molecular weight is 429 g/mol. The highest BCUT2D eigenvalue weighted by molar-refractivity contribution is 5.94. The van der Waals surface area contributed by atoms with Crippen LogP contribution in [-0.4, -0.2) is 26.7 Å². The molecule has 2 aliphatic heterocycles. The molecule has 160 valence electrons. The Balaban J connectivity index is 1.66. The minimum Gasteiger partial charge on any atom is -0.458 e. The van der Waals surface area contributed by atoms with Gasteiger partial charge in [0.25, 0.3) is 5.56 Å². The molecule has 1 N–H and O–H groups in total. The van der Waals surface area contributed by atoms with E-state index in [1.807, 2.05) is 6.07 Å². The lowest BCUT2D eigenvalue weighted by Gasteiger charge is -2.31. The lowest BCUT2D eigenvalue weighted by Crippen LogP contribution is -2.44. The van der Waals surface area contributed by atoms with E-state index >= 15 is 0 Å². The molecule has 0 amide bonds. The number of carbonyl (C=O) groups excluding carboxylic acids is 2. The zero-order valence-corrected chi connectivity index (χ0v) is 17.4. The molecule has 0 fully saturated rings. The third-order valence-corrected chi connectivity index (χ3v) is 7.07. The minimum atomic E-state index is -1.84. The number of aromatic nitrogens is 2. The number of cyclic esters (lactones) is 1. The highest BCUT2D eigenvalue weighted by atomic mass is 16.6. The summed E-state index contributed by atoms with van der Waals surface area (Å²) in [6.45, 7) is 1.91. The van der Waals surface area contributed by atoms with E-state index in [1.165, 1.54) is 0 Å². The standard InChI is InChI=1S/C24H19N3O5/c1-2-24(31)16-8-19-21-14(9-27(19)22(29)15(16)10-32-23(24)30)12-4-3-5-13-17(25-11-28)6-7-18(26-21)20(12)13/h6-8,31H,2-5,9-10H2,1H3/t24-/m0/s1. The Morgan fingerprint density at radius 2 is 2.03 bits per heavy atom. The summed E-state index contributed by atoms with van der Waals surface area (Å²) in [6.07, 6.45) is 4.29. The number of carbonyl (C=O) groups is 1. The monoisotopic (exact) mass is 429 g/mol. The van der Waals surface area contributed by atoms with Crippen molar-refractivity contribution in [2.75, 3.05) is 0 Å². The second-order valence-electron chi connectivity index (χ2n) is 8.53. The average Bonchev–Trinajstić information content (AvgIpc) is 3.18. The lowest BCUT2D eigenvalue weighted by atomic mass is 9.85. The van der Waals surface area contributed by atoms with Gasteiger partial charge < -0.3 is 14.4 Å². The van der Waals surface area contributed by atoms with Crippen LogP contribution in [0.2, 0.25) is 0 Å². The fourth-order valence-corrected chi connectivity index (χ4v) is 5.45. The van der Waals surface area contributed by atoms with E-state index in [4.69, 9.17) is 9.72 Å². The lowest BCUT2D eigenvalue weighted by molar-refractivity contribution is -0.172. The summed E-state index contributed by atoms with van der Waals surface area (Å²) in [5, 5.41) is 12.0. The molecule has 1 atom stereocenters. The Hall–Kier alpha value is -3.61. The van der Waals surface area contributed by atoms with E-state index in [2.05, 4.69) is 4.99 Å². The number of benzene rings is 1.